The minimum atomic E-state index is -0.217. The average molecular weight is 326 g/mol. The monoisotopic (exact) mass is 326 g/mol. The van der Waals surface area contributed by atoms with Crippen LogP contribution in [0.25, 0.3) is 10.9 Å². The number of hydrogen-bond acceptors (Lipinski definition) is 4. The highest BCUT2D eigenvalue weighted by atomic mass is 16.2. The van der Waals surface area contributed by atoms with Crippen LogP contribution >= 0.6 is 0 Å². The molecule has 2 aliphatic rings. The lowest BCUT2D eigenvalue weighted by Gasteiger charge is -2.39. The molecule has 0 aliphatic carbocycles. The quantitative estimate of drug-likeness (QED) is 0.809. The van der Waals surface area contributed by atoms with Gasteiger partial charge >= 0.3 is 0 Å². The van der Waals surface area contributed by atoms with E-state index in [1.165, 1.54) is 10.9 Å². The van der Waals surface area contributed by atoms with E-state index in [1.807, 2.05) is 6.07 Å². The first-order chi connectivity index (χ1) is 11.6. The molecule has 2 aliphatic heterocycles. The molecule has 0 saturated carbocycles. The predicted octanol–water partition coefficient (Wildman–Crippen LogP) is 0.577. The van der Waals surface area contributed by atoms with Crippen molar-refractivity contribution in [2.45, 2.75) is 32.0 Å². The Labute approximate surface area is 138 Å². The second-order valence-electron chi connectivity index (χ2n) is 6.24. The van der Waals surface area contributed by atoms with Gasteiger partial charge in [0, 0.05) is 19.5 Å². The number of rotatable bonds is 2. The molecule has 0 bridgehead atoms. The Balaban J connectivity index is 1.59. The summed E-state index contributed by atoms with van der Waals surface area (Å²) in [5.74, 6) is -0.0235. The van der Waals surface area contributed by atoms with E-state index < -0.39 is 0 Å². The number of carbonyl (C=O) groups is 2. The summed E-state index contributed by atoms with van der Waals surface area (Å²) in [5.41, 5.74) is 0.405. The van der Waals surface area contributed by atoms with Gasteiger partial charge in [-0.05, 0) is 25.0 Å². The number of nitrogens with zero attached hydrogens (tertiary/aromatic N) is 4. The van der Waals surface area contributed by atoms with E-state index in [0.717, 1.165) is 12.8 Å². The molecule has 2 aromatic rings. The molecule has 24 heavy (non-hydrogen) atoms. The highest BCUT2D eigenvalue weighted by molar-refractivity contribution is 5.83. The number of para-hydroxylation sites is 1. The van der Waals surface area contributed by atoms with Gasteiger partial charge in [-0.15, -0.1) is 0 Å². The molecule has 3 heterocycles. The Kier molecular flexibility index (Phi) is 3.55. The molecule has 0 spiro atoms. The van der Waals surface area contributed by atoms with Gasteiger partial charge in [0.2, 0.25) is 11.8 Å². The maximum absolute atomic E-state index is 12.7. The summed E-state index contributed by atoms with van der Waals surface area (Å²) in [5, 5.41) is 0.504. The molecular formula is C17H18N4O3. The molecular weight excluding hydrogens is 308 g/mol. The second-order valence-corrected chi connectivity index (χ2v) is 6.24. The summed E-state index contributed by atoms with van der Waals surface area (Å²) in [7, 11) is 0. The fourth-order valence-electron chi connectivity index (χ4n) is 3.62. The van der Waals surface area contributed by atoms with E-state index in [2.05, 4.69) is 4.98 Å². The first kappa shape index (κ1) is 14.9. The summed E-state index contributed by atoms with van der Waals surface area (Å²) in [6.07, 6.45) is 3.35. The van der Waals surface area contributed by atoms with Crippen LogP contribution in [-0.2, 0) is 16.1 Å². The van der Waals surface area contributed by atoms with Crippen LogP contribution in [0.4, 0.5) is 0 Å². The molecule has 0 radical (unpaired) electrons. The van der Waals surface area contributed by atoms with Crippen LogP contribution in [-0.4, -0.2) is 50.4 Å². The Morgan fingerprint density at radius 1 is 1.21 bits per heavy atom. The van der Waals surface area contributed by atoms with Gasteiger partial charge < -0.3 is 9.80 Å². The molecule has 7 heteroatoms. The van der Waals surface area contributed by atoms with Gasteiger partial charge in [0.05, 0.1) is 17.2 Å². The van der Waals surface area contributed by atoms with Gasteiger partial charge in [0.1, 0.15) is 12.7 Å². The summed E-state index contributed by atoms with van der Waals surface area (Å²) < 4.78 is 1.35. The molecule has 1 aromatic heterocycles. The highest BCUT2D eigenvalue weighted by Gasteiger charge is 2.39. The third-order valence-electron chi connectivity index (χ3n) is 4.83. The Bertz CT molecular complexity index is 876. The zero-order chi connectivity index (χ0) is 16.7. The molecule has 2 saturated heterocycles. The summed E-state index contributed by atoms with van der Waals surface area (Å²) in [6.45, 7) is 1.09. The van der Waals surface area contributed by atoms with Gasteiger partial charge in [-0.1, -0.05) is 12.1 Å². The minimum Gasteiger partial charge on any atom is -0.322 e. The van der Waals surface area contributed by atoms with Crippen LogP contribution in [0.15, 0.2) is 35.4 Å². The number of amides is 2. The van der Waals surface area contributed by atoms with Gasteiger partial charge in [-0.2, -0.15) is 0 Å². The molecule has 2 fully saturated rings. The maximum Gasteiger partial charge on any atom is 0.261 e. The highest BCUT2D eigenvalue weighted by Crippen LogP contribution is 2.26. The number of carbonyl (C=O) groups excluding carboxylic acids is 2. The van der Waals surface area contributed by atoms with Crippen LogP contribution in [0.2, 0.25) is 0 Å². The Hall–Kier alpha value is -2.70. The first-order valence-electron chi connectivity index (χ1n) is 8.18. The van der Waals surface area contributed by atoms with Crippen LogP contribution in [0.5, 0.6) is 0 Å². The van der Waals surface area contributed by atoms with Gasteiger partial charge in [-0.3, -0.25) is 19.0 Å². The normalized spacial score (nSPS) is 20.5. The molecule has 0 N–H and O–H groups in total. The lowest BCUT2D eigenvalue weighted by Crippen LogP contribution is -2.56. The van der Waals surface area contributed by atoms with Crippen LogP contribution in [0.3, 0.4) is 0 Å². The van der Waals surface area contributed by atoms with E-state index in [4.69, 9.17) is 0 Å². The van der Waals surface area contributed by atoms with Crippen molar-refractivity contribution in [3.63, 3.8) is 0 Å². The minimum absolute atomic E-state index is 0.0464. The molecule has 1 unspecified atom stereocenters. The average Bonchev–Trinajstić information content (AvgIpc) is 3.08. The van der Waals surface area contributed by atoms with Crippen molar-refractivity contribution in [2.75, 3.05) is 13.1 Å². The molecule has 2 amide bonds. The van der Waals surface area contributed by atoms with Gasteiger partial charge in [0.15, 0.2) is 0 Å². The van der Waals surface area contributed by atoms with E-state index in [0.29, 0.717) is 30.4 Å². The fraction of sp³-hybridized carbons (Fsp3) is 0.412. The van der Waals surface area contributed by atoms with E-state index in [9.17, 15) is 14.4 Å². The lowest BCUT2D eigenvalue weighted by atomic mass is 10.2. The van der Waals surface area contributed by atoms with Gasteiger partial charge in [0.25, 0.3) is 5.56 Å². The second kappa shape index (κ2) is 5.74. The fourth-order valence-corrected chi connectivity index (χ4v) is 3.62. The third-order valence-corrected chi connectivity index (χ3v) is 4.83. The Morgan fingerprint density at radius 3 is 2.92 bits per heavy atom. The SMILES string of the molecule is O=C1CCN(C(=O)Cn2cnc3ccccc3c2=O)C2CCCN12. The Morgan fingerprint density at radius 2 is 2.04 bits per heavy atom. The zero-order valence-corrected chi connectivity index (χ0v) is 13.2. The third kappa shape index (κ3) is 2.36. The van der Waals surface area contributed by atoms with Crippen LogP contribution < -0.4 is 5.56 Å². The van der Waals surface area contributed by atoms with Crippen molar-refractivity contribution < 1.29 is 9.59 Å². The lowest BCUT2D eigenvalue weighted by molar-refractivity contribution is -0.150. The van der Waals surface area contributed by atoms with Crippen molar-refractivity contribution in [2.24, 2.45) is 0 Å². The molecule has 1 atom stereocenters. The smallest absolute Gasteiger partial charge is 0.261 e. The topological polar surface area (TPSA) is 75.5 Å². The number of aromatic nitrogens is 2. The van der Waals surface area contributed by atoms with Crippen LogP contribution in [0.1, 0.15) is 19.3 Å². The van der Waals surface area contributed by atoms with Crippen molar-refractivity contribution in [3.05, 3.63) is 40.9 Å². The van der Waals surface area contributed by atoms with Crippen molar-refractivity contribution in [1.82, 2.24) is 19.4 Å². The number of hydrogen-bond donors (Lipinski definition) is 0. The summed E-state index contributed by atoms with van der Waals surface area (Å²) >= 11 is 0. The van der Waals surface area contributed by atoms with E-state index in [1.54, 1.807) is 28.0 Å². The van der Waals surface area contributed by atoms with Crippen molar-refractivity contribution in [3.8, 4) is 0 Å². The van der Waals surface area contributed by atoms with Gasteiger partial charge in [-0.25, -0.2) is 4.98 Å². The summed E-state index contributed by atoms with van der Waals surface area (Å²) in [4.78, 5) is 44.9. The van der Waals surface area contributed by atoms with E-state index in [-0.39, 0.29) is 30.1 Å². The van der Waals surface area contributed by atoms with E-state index >= 15 is 0 Å². The molecule has 1 aromatic carbocycles. The van der Waals surface area contributed by atoms with Crippen molar-refractivity contribution in [1.29, 1.82) is 0 Å². The van der Waals surface area contributed by atoms with Crippen molar-refractivity contribution >= 4 is 22.7 Å². The number of benzene rings is 1. The molecule has 124 valence electrons. The standard InChI is InChI=1S/C17H18N4O3/c22-15-7-9-21(14-6-3-8-20(14)15)16(23)10-19-11-18-13-5-2-1-4-12(13)17(19)24/h1-2,4-5,11,14H,3,6-10H2. The maximum atomic E-state index is 12.7. The first-order valence-corrected chi connectivity index (χ1v) is 8.18. The predicted molar refractivity (Wildman–Crippen MR) is 87.1 cm³/mol. The number of fused-ring (bicyclic) bond motifs is 2. The largest absolute Gasteiger partial charge is 0.322 e. The summed E-state index contributed by atoms with van der Waals surface area (Å²) in [6, 6.07) is 7.09. The molecule has 7 nitrogen and oxygen atoms in total. The van der Waals surface area contributed by atoms with Crippen LogP contribution in [0, 0.1) is 0 Å². The molecule has 4 rings (SSSR count). The zero-order valence-electron chi connectivity index (χ0n) is 13.2.